The molecule has 1 aromatic carbocycles. The van der Waals surface area contributed by atoms with E-state index in [9.17, 15) is 0 Å². The number of hydrogen-bond donors (Lipinski definition) is 2. The van der Waals surface area contributed by atoms with Crippen LogP contribution in [0.4, 0.5) is 5.69 Å². The van der Waals surface area contributed by atoms with Gasteiger partial charge in [0.2, 0.25) is 0 Å². The molecule has 3 nitrogen and oxygen atoms in total. The Balaban J connectivity index is 1.85. The van der Waals surface area contributed by atoms with Gasteiger partial charge in [-0.3, -0.25) is 5.10 Å². The van der Waals surface area contributed by atoms with Gasteiger partial charge in [-0.2, -0.15) is 5.10 Å². The van der Waals surface area contributed by atoms with Crippen LogP contribution in [0, 0.1) is 6.92 Å². The Morgan fingerprint density at radius 1 is 1.10 bits per heavy atom. The number of nitrogens with zero attached hydrogens (tertiary/aromatic N) is 1. The van der Waals surface area contributed by atoms with Crippen LogP contribution in [0.15, 0.2) is 24.3 Å². The van der Waals surface area contributed by atoms with E-state index in [1.54, 1.807) is 0 Å². The summed E-state index contributed by atoms with van der Waals surface area (Å²) in [5, 5.41) is 10.7. The Kier molecular flexibility index (Phi) is 3.77. The molecule has 3 rings (SSSR count). The van der Waals surface area contributed by atoms with Gasteiger partial charge in [0.15, 0.2) is 0 Å². The zero-order valence-electron chi connectivity index (χ0n) is 12.4. The summed E-state index contributed by atoms with van der Waals surface area (Å²) in [5.41, 5.74) is 5.86. The molecule has 1 aromatic heterocycles. The van der Waals surface area contributed by atoms with Crippen molar-refractivity contribution in [1.82, 2.24) is 10.2 Å². The van der Waals surface area contributed by atoms with Crippen LogP contribution >= 0.6 is 0 Å². The number of aryl methyl sites for hydroxylation is 1. The lowest BCUT2D eigenvalue weighted by atomic mass is 9.84. The summed E-state index contributed by atoms with van der Waals surface area (Å²) in [5.74, 6) is 0.766. The second kappa shape index (κ2) is 5.70. The molecule has 1 aliphatic carbocycles. The molecule has 2 aromatic rings. The SMILES string of the molecule is CNc1c(-c2ccc(C3CCCCC3)cc2)n[nH]c1C. The van der Waals surface area contributed by atoms with Gasteiger partial charge < -0.3 is 5.32 Å². The normalized spacial score (nSPS) is 16.3. The lowest BCUT2D eigenvalue weighted by Crippen LogP contribution is -2.04. The van der Waals surface area contributed by atoms with E-state index < -0.39 is 0 Å². The summed E-state index contributed by atoms with van der Waals surface area (Å²) < 4.78 is 0. The molecule has 0 aliphatic heterocycles. The second-order valence-corrected chi connectivity index (χ2v) is 5.78. The maximum Gasteiger partial charge on any atom is 0.115 e. The maximum absolute atomic E-state index is 4.41. The van der Waals surface area contributed by atoms with E-state index in [0.29, 0.717) is 0 Å². The summed E-state index contributed by atoms with van der Waals surface area (Å²) in [6.45, 7) is 2.04. The average molecular weight is 269 g/mol. The minimum Gasteiger partial charge on any atom is -0.385 e. The fourth-order valence-corrected chi connectivity index (χ4v) is 3.29. The predicted molar refractivity (Wildman–Crippen MR) is 84.1 cm³/mol. The van der Waals surface area contributed by atoms with Crippen LogP contribution in [-0.4, -0.2) is 17.2 Å². The van der Waals surface area contributed by atoms with Gasteiger partial charge in [-0.1, -0.05) is 43.5 Å². The Hall–Kier alpha value is -1.77. The molecule has 1 saturated carbocycles. The summed E-state index contributed by atoms with van der Waals surface area (Å²) in [6, 6.07) is 8.99. The van der Waals surface area contributed by atoms with E-state index in [-0.39, 0.29) is 0 Å². The second-order valence-electron chi connectivity index (χ2n) is 5.78. The summed E-state index contributed by atoms with van der Waals surface area (Å²) in [4.78, 5) is 0. The molecular formula is C17H23N3. The number of H-pyrrole nitrogens is 1. The molecule has 0 unspecified atom stereocenters. The number of rotatable bonds is 3. The number of benzene rings is 1. The van der Waals surface area contributed by atoms with Gasteiger partial charge in [-0.25, -0.2) is 0 Å². The maximum atomic E-state index is 4.41. The number of nitrogens with one attached hydrogen (secondary N) is 2. The first-order chi connectivity index (χ1) is 9.79. The Morgan fingerprint density at radius 3 is 2.45 bits per heavy atom. The zero-order valence-corrected chi connectivity index (χ0v) is 12.4. The lowest BCUT2D eigenvalue weighted by molar-refractivity contribution is 0.443. The number of hydrogen-bond acceptors (Lipinski definition) is 2. The van der Waals surface area contributed by atoms with Crippen molar-refractivity contribution in [3.8, 4) is 11.3 Å². The molecule has 0 amide bonds. The number of anilines is 1. The van der Waals surface area contributed by atoms with Gasteiger partial charge in [0.1, 0.15) is 5.69 Å². The van der Waals surface area contributed by atoms with Gasteiger partial charge in [0, 0.05) is 12.6 Å². The van der Waals surface area contributed by atoms with E-state index in [1.165, 1.54) is 43.2 Å². The lowest BCUT2D eigenvalue weighted by Gasteiger charge is -2.22. The van der Waals surface area contributed by atoms with E-state index in [0.717, 1.165) is 23.0 Å². The Bertz CT molecular complexity index is 562. The number of aromatic amines is 1. The van der Waals surface area contributed by atoms with Crippen LogP contribution in [-0.2, 0) is 0 Å². The van der Waals surface area contributed by atoms with Crippen LogP contribution in [0.2, 0.25) is 0 Å². The average Bonchev–Trinajstić information content (AvgIpc) is 2.89. The molecule has 0 spiro atoms. The Morgan fingerprint density at radius 2 is 1.80 bits per heavy atom. The highest BCUT2D eigenvalue weighted by molar-refractivity contribution is 5.75. The highest BCUT2D eigenvalue weighted by atomic mass is 15.1. The molecule has 0 radical (unpaired) electrons. The monoisotopic (exact) mass is 269 g/mol. The molecule has 20 heavy (non-hydrogen) atoms. The first-order valence-corrected chi connectivity index (χ1v) is 7.62. The van der Waals surface area contributed by atoms with Crippen molar-refractivity contribution in [2.24, 2.45) is 0 Å². The van der Waals surface area contributed by atoms with E-state index >= 15 is 0 Å². The van der Waals surface area contributed by atoms with Crippen LogP contribution in [0.5, 0.6) is 0 Å². The number of aromatic nitrogens is 2. The predicted octanol–water partition coefficient (Wildman–Crippen LogP) is 4.47. The fraction of sp³-hybridized carbons (Fsp3) is 0.471. The van der Waals surface area contributed by atoms with Crippen molar-refractivity contribution in [3.05, 3.63) is 35.5 Å². The molecule has 1 aliphatic rings. The highest BCUT2D eigenvalue weighted by Gasteiger charge is 2.16. The van der Waals surface area contributed by atoms with Crippen LogP contribution in [0.1, 0.15) is 49.3 Å². The van der Waals surface area contributed by atoms with Crippen LogP contribution in [0.3, 0.4) is 0 Å². The molecule has 0 saturated heterocycles. The van der Waals surface area contributed by atoms with Crippen LogP contribution < -0.4 is 5.32 Å². The molecular weight excluding hydrogens is 246 g/mol. The van der Waals surface area contributed by atoms with Gasteiger partial charge in [0.05, 0.1) is 11.4 Å². The quantitative estimate of drug-likeness (QED) is 0.862. The van der Waals surface area contributed by atoms with Gasteiger partial charge in [-0.05, 0) is 31.2 Å². The molecule has 0 bridgehead atoms. The smallest absolute Gasteiger partial charge is 0.115 e. The van der Waals surface area contributed by atoms with Crippen molar-refractivity contribution in [3.63, 3.8) is 0 Å². The van der Waals surface area contributed by atoms with Gasteiger partial charge >= 0.3 is 0 Å². The largest absolute Gasteiger partial charge is 0.385 e. The van der Waals surface area contributed by atoms with Crippen molar-refractivity contribution < 1.29 is 0 Å². The molecule has 0 atom stereocenters. The summed E-state index contributed by atoms with van der Waals surface area (Å²) in [7, 11) is 1.94. The first-order valence-electron chi connectivity index (χ1n) is 7.62. The third-order valence-corrected chi connectivity index (χ3v) is 4.46. The summed E-state index contributed by atoms with van der Waals surface area (Å²) in [6.07, 6.45) is 6.88. The van der Waals surface area contributed by atoms with Gasteiger partial charge in [-0.15, -0.1) is 0 Å². The minimum absolute atomic E-state index is 0.766. The van der Waals surface area contributed by atoms with Crippen molar-refractivity contribution in [2.45, 2.75) is 44.9 Å². The van der Waals surface area contributed by atoms with Crippen molar-refractivity contribution >= 4 is 5.69 Å². The van der Waals surface area contributed by atoms with E-state index in [4.69, 9.17) is 0 Å². The third kappa shape index (κ3) is 2.45. The zero-order chi connectivity index (χ0) is 13.9. The molecule has 106 valence electrons. The van der Waals surface area contributed by atoms with E-state index in [1.807, 2.05) is 14.0 Å². The van der Waals surface area contributed by atoms with Crippen molar-refractivity contribution in [2.75, 3.05) is 12.4 Å². The van der Waals surface area contributed by atoms with Crippen LogP contribution in [0.25, 0.3) is 11.3 Å². The van der Waals surface area contributed by atoms with E-state index in [2.05, 4.69) is 39.8 Å². The van der Waals surface area contributed by atoms with Gasteiger partial charge in [0.25, 0.3) is 0 Å². The fourth-order valence-electron chi connectivity index (χ4n) is 3.29. The molecule has 1 heterocycles. The molecule has 2 N–H and O–H groups in total. The standard InChI is InChI=1S/C17H23N3/c1-12-16(18-2)17(20-19-12)15-10-8-14(9-11-15)13-6-4-3-5-7-13/h8-11,13,18H,3-7H2,1-2H3,(H,19,20). The topological polar surface area (TPSA) is 40.7 Å². The molecule has 3 heteroatoms. The summed E-state index contributed by atoms with van der Waals surface area (Å²) >= 11 is 0. The Labute approximate surface area is 120 Å². The highest BCUT2D eigenvalue weighted by Crippen LogP contribution is 2.34. The minimum atomic E-state index is 0.766. The first kappa shape index (κ1) is 13.2. The third-order valence-electron chi connectivity index (χ3n) is 4.46. The molecule has 1 fully saturated rings. The van der Waals surface area contributed by atoms with Crippen molar-refractivity contribution in [1.29, 1.82) is 0 Å².